The monoisotopic (exact) mass is 940 g/mol. The summed E-state index contributed by atoms with van der Waals surface area (Å²) < 4.78 is 62.2. The molecule has 4 aliphatic heterocycles. The van der Waals surface area contributed by atoms with Crippen molar-refractivity contribution in [2.45, 2.75) is 146 Å². The van der Waals surface area contributed by atoms with Crippen LogP contribution in [0.3, 0.4) is 0 Å². The maximum absolute atomic E-state index is 12.6. The fourth-order valence-electron chi connectivity index (χ4n) is 7.18. The Hall–Kier alpha value is -3.26. The smallest absolute Gasteiger partial charge is 0.394 e. The van der Waals surface area contributed by atoms with E-state index in [1.807, 2.05) is 13.0 Å². The summed E-state index contributed by atoms with van der Waals surface area (Å²) in [5, 5.41) is 38.5. The molecule has 0 aliphatic carbocycles. The van der Waals surface area contributed by atoms with Gasteiger partial charge in [-0.1, -0.05) is 25.2 Å². The highest BCUT2D eigenvalue weighted by atomic mass is 31.2. The Morgan fingerprint density at radius 2 is 1.27 bits per heavy atom. The van der Waals surface area contributed by atoms with Crippen molar-refractivity contribution in [1.82, 2.24) is 19.1 Å². The van der Waals surface area contributed by atoms with Crippen LogP contribution in [-0.2, 0) is 41.6 Å². The number of aliphatic hydroxyl groups is 4. The first-order chi connectivity index (χ1) is 29.5. The minimum Gasteiger partial charge on any atom is -0.394 e. The van der Waals surface area contributed by atoms with E-state index in [0.29, 0.717) is 18.4 Å². The molecule has 26 heteroatoms. The summed E-state index contributed by atoms with van der Waals surface area (Å²) in [6.07, 6.45) is 0.0181. The van der Waals surface area contributed by atoms with E-state index in [9.17, 15) is 48.5 Å². The van der Waals surface area contributed by atoms with Crippen molar-refractivity contribution in [3.05, 3.63) is 90.0 Å². The Bertz CT molecular complexity index is 2210. The maximum Gasteiger partial charge on any atom is 0.473 e. The number of allylic oxidation sites excluding steroid dienone is 1. The number of phosphoric acid groups is 2. The number of aliphatic hydroxyl groups excluding tert-OH is 4. The van der Waals surface area contributed by atoms with E-state index in [0.717, 1.165) is 11.0 Å². The average Bonchev–Trinajstić information content (AvgIpc) is 3.96. The number of hydrogen-bond donors (Lipinski definition) is 9. The second-order valence-corrected chi connectivity index (χ2v) is 17.9. The Labute approximate surface area is 360 Å². The molecule has 0 saturated carbocycles. The molecule has 9 N–H and O–H groups in total. The number of nitrogens with zero attached hydrogens (tertiary/aromatic N) is 2. The van der Waals surface area contributed by atoms with Crippen molar-refractivity contribution in [2.24, 2.45) is 0 Å². The van der Waals surface area contributed by atoms with Crippen LogP contribution in [0.2, 0.25) is 0 Å². The van der Waals surface area contributed by atoms with Crippen molar-refractivity contribution in [3.63, 3.8) is 0 Å². The molecular weight excluding hydrogens is 882 g/mol. The Kier molecular flexibility index (Phi) is 18.9. The number of ether oxygens (including phenoxy) is 4. The third kappa shape index (κ3) is 14.6. The number of rotatable bonds is 14. The second kappa shape index (κ2) is 22.8. The molecule has 0 amide bonds. The highest BCUT2D eigenvalue weighted by molar-refractivity contribution is 7.47. The number of aromatic nitrogens is 4. The first kappa shape index (κ1) is 52.4. The van der Waals surface area contributed by atoms with Gasteiger partial charge in [0.25, 0.3) is 11.1 Å². The third-order valence-corrected chi connectivity index (χ3v) is 11.8. The normalized spacial score (nSPS) is 32.1. The van der Waals surface area contributed by atoms with Crippen LogP contribution < -0.4 is 22.5 Å². The Morgan fingerprint density at radius 1 is 0.794 bits per heavy atom. The Morgan fingerprint density at radius 3 is 1.73 bits per heavy atom. The van der Waals surface area contributed by atoms with Gasteiger partial charge < -0.3 is 54.1 Å². The lowest BCUT2D eigenvalue weighted by atomic mass is 10.1. The van der Waals surface area contributed by atoms with Gasteiger partial charge in [0.15, 0.2) is 0 Å². The SMILES string of the molecule is C=C[C@H](OP(=O)(O)OC1C[C@H](C)O[C@@H]1CO)[C@H]1O[C@@H](n2cc(C)c(=O)[nH]c2=O)CC1O.CC/C=C\[C@H]1O[C@@H](n2cc(C)c(=O)[nH]c2=O)CC1O.C[C@H]1CC(OP(=O)(O)O)[C@@H](CO)O1. The molecule has 24 nitrogen and oxygen atoms in total. The van der Waals surface area contributed by atoms with E-state index < -0.39 is 106 Å². The van der Waals surface area contributed by atoms with E-state index in [-0.39, 0.29) is 43.8 Å². The molecule has 6 heterocycles. The summed E-state index contributed by atoms with van der Waals surface area (Å²) in [6, 6.07) is 0. The number of aryl methyl sites for hydroxylation is 2. The van der Waals surface area contributed by atoms with Crippen LogP contribution in [0.1, 0.15) is 76.5 Å². The lowest BCUT2D eigenvalue weighted by Crippen LogP contribution is -2.36. The topological polar surface area (TPSA) is 350 Å². The Balaban J connectivity index is 0.000000230. The zero-order valence-electron chi connectivity index (χ0n) is 35.3. The molecule has 0 bridgehead atoms. The fraction of sp³-hybridized carbons (Fsp3) is 0.676. The lowest BCUT2D eigenvalue weighted by Gasteiger charge is -2.27. The van der Waals surface area contributed by atoms with Gasteiger partial charge >= 0.3 is 27.0 Å². The number of nitrogens with one attached hydrogen (secondary N) is 2. The molecule has 0 aromatic carbocycles. The predicted octanol–water partition coefficient (Wildman–Crippen LogP) is -0.186. The summed E-state index contributed by atoms with van der Waals surface area (Å²) in [6.45, 7) is 11.5. The largest absolute Gasteiger partial charge is 0.473 e. The minimum atomic E-state index is -4.66. The first-order valence-electron chi connectivity index (χ1n) is 20.1. The van der Waals surface area contributed by atoms with E-state index in [2.05, 4.69) is 21.1 Å². The molecule has 4 aliphatic rings. The van der Waals surface area contributed by atoms with Gasteiger partial charge in [-0.25, -0.2) is 18.7 Å². The highest BCUT2D eigenvalue weighted by Crippen LogP contribution is 2.50. The zero-order valence-corrected chi connectivity index (χ0v) is 37.1. The van der Waals surface area contributed by atoms with Gasteiger partial charge in [0.05, 0.1) is 37.6 Å². The van der Waals surface area contributed by atoms with Crippen molar-refractivity contribution in [1.29, 1.82) is 0 Å². The number of phosphoric ester groups is 2. The van der Waals surface area contributed by atoms with Gasteiger partial charge in [-0.05, 0) is 34.1 Å². The van der Waals surface area contributed by atoms with Gasteiger partial charge in [-0.3, -0.25) is 42.3 Å². The number of hydrogen-bond acceptors (Lipinski definition) is 17. The third-order valence-electron chi connectivity index (χ3n) is 10.2. The standard InChI is InChI=1S/C18H27N2O10P.C13H18N2O4.C6H13O6P/c1-4-12(29-31(25,26)30-13-5-10(3)27-14(13)8-21)16-11(22)6-15(28-16)20-7-9(2)17(23)19-18(20)24;1-3-4-5-10-9(16)6-11(19-10)15-7-8(2)12(17)14-13(15)18;1-4-2-5(6(3-7)11-4)12-13(8,9)10/h4,7,10-16,21-22H,1,5-6,8H2,2-3H3,(H,25,26)(H,19,23,24);4-5,7,9-11,16H,3,6H2,1-2H3,(H,14,17,18);4-7H,2-3H2,1H3,(H2,8,9,10)/b;5-4-;/t10-,11?,12-,13?,14+,15+,16-;9?,10-,11-;4-,5?,6+/m010/s1. The van der Waals surface area contributed by atoms with Crippen LogP contribution in [0, 0.1) is 13.8 Å². The highest BCUT2D eigenvalue weighted by Gasteiger charge is 2.45. The maximum atomic E-state index is 12.6. The summed E-state index contributed by atoms with van der Waals surface area (Å²) in [5.74, 6) is 0. The summed E-state index contributed by atoms with van der Waals surface area (Å²) >= 11 is 0. The van der Waals surface area contributed by atoms with Crippen LogP contribution in [0.15, 0.2) is 56.4 Å². The average molecular weight is 941 g/mol. The molecule has 63 heavy (non-hydrogen) atoms. The van der Waals surface area contributed by atoms with E-state index in [4.69, 9.17) is 42.9 Å². The van der Waals surface area contributed by atoms with Crippen molar-refractivity contribution in [3.8, 4) is 0 Å². The summed E-state index contributed by atoms with van der Waals surface area (Å²) in [7, 11) is -9.14. The van der Waals surface area contributed by atoms with Crippen LogP contribution >= 0.6 is 15.6 Å². The number of aromatic amines is 2. The van der Waals surface area contributed by atoms with E-state index in [1.54, 1.807) is 26.8 Å². The van der Waals surface area contributed by atoms with Gasteiger partial charge in [0.1, 0.15) is 55.2 Å². The second-order valence-electron chi connectivity index (χ2n) is 15.4. The van der Waals surface area contributed by atoms with Crippen LogP contribution in [0.4, 0.5) is 0 Å². The lowest BCUT2D eigenvalue weighted by molar-refractivity contribution is -0.0727. The van der Waals surface area contributed by atoms with Crippen LogP contribution in [0.25, 0.3) is 0 Å². The van der Waals surface area contributed by atoms with E-state index in [1.165, 1.54) is 30.0 Å². The van der Waals surface area contributed by atoms with Gasteiger partial charge in [0, 0.05) is 49.2 Å². The van der Waals surface area contributed by atoms with Gasteiger partial charge in [0.2, 0.25) is 0 Å². The summed E-state index contributed by atoms with van der Waals surface area (Å²) in [4.78, 5) is 78.4. The van der Waals surface area contributed by atoms with E-state index >= 15 is 0 Å². The number of H-pyrrole nitrogens is 2. The molecule has 5 unspecified atom stereocenters. The zero-order chi connectivity index (χ0) is 47.0. The molecular formula is C37H58N4O20P2. The first-order valence-corrected chi connectivity index (χ1v) is 23.1. The quantitative estimate of drug-likeness (QED) is 0.0876. The molecule has 6 rings (SSSR count). The predicted molar refractivity (Wildman–Crippen MR) is 219 cm³/mol. The van der Waals surface area contributed by atoms with Gasteiger partial charge in [-0.2, -0.15) is 0 Å². The van der Waals surface area contributed by atoms with Crippen LogP contribution in [-0.4, -0.2) is 135 Å². The van der Waals surface area contributed by atoms with Crippen LogP contribution in [0.5, 0.6) is 0 Å². The molecule has 2 aromatic heterocycles. The molecule has 14 atom stereocenters. The van der Waals surface area contributed by atoms with Crippen molar-refractivity contribution in [2.75, 3.05) is 13.2 Å². The molecule has 356 valence electrons. The van der Waals surface area contributed by atoms with Crippen molar-refractivity contribution < 1.29 is 76.8 Å². The molecule has 0 radical (unpaired) electrons. The molecule has 0 spiro atoms. The van der Waals surface area contributed by atoms with Crippen molar-refractivity contribution >= 4 is 15.6 Å². The molecule has 2 aromatic rings. The molecule has 4 fully saturated rings. The van der Waals surface area contributed by atoms with Gasteiger partial charge in [-0.15, -0.1) is 6.58 Å². The fourth-order valence-corrected chi connectivity index (χ4v) is 8.88. The summed E-state index contributed by atoms with van der Waals surface area (Å²) in [5.41, 5.74) is -1.46. The molecule has 4 saturated heterocycles. The minimum absolute atomic E-state index is 0.0269.